The fourth-order valence-corrected chi connectivity index (χ4v) is 1.65. The van der Waals surface area contributed by atoms with E-state index in [0.29, 0.717) is 0 Å². The minimum Gasteiger partial charge on any atom is -0.368 e. The van der Waals surface area contributed by atoms with Crippen LogP contribution in [0.2, 0.25) is 0 Å². The van der Waals surface area contributed by atoms with Crippen LogP contribution in [-0.2, 0) is 0 Å². The van der Waals surface area contributed by atoms with E-state index in [0.717, 1.165) is 17.4 Å². The van der Waals surface area contributed by atoms with Crippen LogP contribution < -0.4 is 10.6 Å². The Labute approximate surface area is 109 Å². The molecule has 0 saturated carbocycles. The van der Waals surface area contributed by atoms with Crippen molar-refractivity contribution in [2.75, 3.05) is 17.7 Å². The molecule has 0 aliphatic heterocycles. The summed E-state index contributed by atoms with van der Waals surface area (Å²) in [7, 11) is 1.69. The summed E-state index contributed by atoms with van der Waals surface area (Å²) >= 11 is 0. The highest BCUT2D eigenvalue weighted by Crippen LogP contribution is 2.30. The molecule has 2 N–H and O–H groups in total. The number of rotatable bonds is 3. The van der Waals surface area contributed by atoms with E-state index < -0.39 is 4.92 Å². The van der Waals surface area contributed by atoms with Crippen LogP contribution in [0.5, 0.6) is 0 Å². The van der Waals surface area contributed by atoms with Crippen molar-refractivity contribution in [3.8, 4) is 0 Å². The molecule has 98 valence electrons. The summed E-state index contributed by atoms with van der Waals surface area (Å²) in [5.74, 6) is 0.168. The number of nitrogens with zero attached hydrogens (tertiary/aromatic N) is 4. The van der Waals surface area contributed by atoms with Gasteiger partial charge in [0.2, 0.25) is 11.8 Å². The van der Waals surface area contributed by atoms with Crippen LogP contribution in [-0.4, -0.2) is 21.9 Å². The maximum Gasteiger partial charge on any atom is 0.330 e. The van der Waals surface area contributed by atoms with Crippen LogP contribution >= 0.6 is 0 Å². The van der Waals surface area contributed by atoms with Crippen molar-refractivity contribution >= 4 is 23.1 Å². The lowest BCUT2D eigenvalue weighted by molar-refractivity contribution is -0.384. The number of hydrogen-bond acceptors (Lipinski definition) is 6. The summed E-state index contributed by atoms with van der Waals surface area (Å²) in [5.41, 5.74) is 7.20. The Morgan fingerprint density at radius 3 is 2.53 bits per heavy atom. The van der Waals surface area contributed by atoms with Gasteiger partial charge in [-0.1, -0.05) is 17.7 Å². The van der Waals surface area contributed by atoms with Crippen LogP contribution in [0.25, 0.3) is 0 Å². The molecule has 0 amide bonds. The maximum absolute atomic E-state index is 11.0. The minimum absolute atomic E-state index is 0.000406. The van der Waals surface area contributed by atoms with Gasteiger partial charge >= 0.3 is 5.69 Å². The molecule has 0 atom stereocenters. The number of aromatic nitrogens is 2. The zero-order valence-corrected chi connectivity index (χ0v) is 10.6. The maximum atomic E-state index is 11.0. The molecule has 0 saturated heterocycles. The molecule has 0 fully saturated rings. The lowest BCUT2D eigenvalue weighted by Crippen LogP contribution is -2.14. The fraction of sp³-hybridized carbons (Fsp3) is 0.167. The second-order valence-corrected chi connectivity index (χ2v) is 4.09. The van der Waals surface area contributed by atoms with Crippen molar-refractivity contribution in [2.45, 2.75) is 6.92 Å². The SMILES string of the molecule is Cc1ccc(N(C)c2nc(N)ncc2[N+](=O)[O-])cc1. The summed E-state index contributed by atoms with van der Waals surface area (Å²) in [6, 6.07) is 7.55. The van der Waals surface area contributed by atoms with Gasteiger partial charge in [0, 0.05) is 12.7 Å². The predicted molar refractivity (Wildman–Crippen MR) is 72.3 cm³/mol. The topological polar surface area (TPSA) is 98.2 Å². The van der Waals surface area contributed by atoms with E-state index in [4.69, 9.17) is 5.73 Å². The lowest BCUT2D eigenvalue weighted by Gasteiger charge is -2.18. The first-order valence-corrected chi connectivity index (χ1v) is 5.56. The Kier molecular flexibility index (Phi) is 3.28. The van der Waals surface area contributed by atoms with Crippen molar-refractivity contribution < 1.29 is 4.92 Å². The Bertz CT molecular complexity index is 612. The molecule has 0 radical (unpaired) electrons. The Morgan fingerprint density at radius 1 is 1.32 bits per heavy atom. The van der Waals surface area contributed by atoms with Crippen molar-refractivity contribution in [1.29, 1.82) is 0 Å². The third kappa shape index (κ3) is 2.59. The average Bonchev–Trinajstić information content (AvgIpc) is 2.38. The monoisotopic (exact) mass is 259 g/mol. The molecule has 0 spiro atoms. The quantitative estimate of drug-likeness (QED) is 0.669. The Hall–Kier alpha value is -2.70. The van der Waals surface area contributed by atoms with Crippen molar-refractivity contribution in [2.24, 2.45) is 0 Å². The molecule has 19 heavy (non-hydrogen) atoms. The number of aryl methyl sites for hydroxylation is 1. The van der Waals surface area contributed by atoms with Crippen molar-refractivity contribution in [1.82, 2.24) is 9.97 Å². The van der Waals surface area contributed by atoms with Crippen LogP contribution in [0.15, 0.2) is 30.5 Å². The molecule has 0 unspecified atom stereocenters. The van der Waals surface area contributed by atoms with E-state index in [2.05, 4.69) is 9.97 Å². The summed E-state index contributed by atoms with van der Waals surface area (Å²) in [5, 5.41) is 11.0. The number of nitrogens with two attached hydrogens (primary N) is 1. The third-order valence-corrected chi connectivity index (χ3v) is 2.70. The second-order valence-electron chi connectivity index (χ2n) is 4.09. The number of benzene rings is 1. The first-order chi connectivity index (χ1) is 8.99. The zero-order valence-electron chi connectivity index (χ0n) is 10.6. The molecular weight excluding hydrogens is 246 g/mol. The molecule has 2 rings (SSSR count). The molecule has 0 aliphatic carbocycles. The van der Waals surface area contributed by atoms with E-state index in [1.807, 2.05) is 31.2 Å². The summed E-state index contributed by atoms with van der Waals surface area (Å²) in [6.45, 7) is 1.97. The van der Waals surface area contributed by atoms with Gasteiger partial charge in [0.1, 0.15) is 6.20 Å². The highest BCUT2D eigenvalue weighted by atomic mass is 16.6. The van der Waals surface area contributed by atoms with E-state index in [-0.39, 0.29) is 17.5 Å². The Balaban J connectivity index is 2.48. The summed E-state index contributed by atoms with van der Waals surface area (Å²) in [4.78, 5) is 19.7. The van der Waals surface area contributed by atoms with Crippen molar-refractivity contribution in [3.05, 3.63) is 46.1 Å². The molecule has 2 aromatic rings. The minimum atomic E-state index is -0.528. The van der Waals surface area contributed by atoms with Gasteiger partial charge in [-0.15, -0.1) is 0 Å². The van der Waals surface area contributed by atoms with Gasteiger partial charge in [0.15, 0.2) is 0 Å². The third-order valence-electron chi connectivity index (χ3n) is 2.70. The number of nitrogen functional groups attached to an aromatic ring is 1. The van der Waals surface area contributed by atoms with E-state index in [9.17, 15) is 10.1 Å². The normalized spacial score (nSPS) is 10.2. The summed E-state index contributed by atoms with van der Waals surface area (Å²) < 4.78 is 0. The van der Waals surface area contributed by atoms with Gasteiger partial charge in [0.05, 0.1) is 4.92 Å². The van der Waals surface area contributed by atoms with Crippen LogP contribution in [0.4, 0.5) is 23.1 Å². The second kappa shape index (κ2) is 4.89. The molecule has 7 heteroatoms. The number of anilines is 3. The highest BCUT2D eigenvalue weighted by molar-refractivity contribution is 5.68. The molecule has 0 bridgehead atoms. The molecule has 0 aliphatic rings. The van der Waals surface area contributed by atoms with Gasteiger partial charge in [0.25, 0.3) is 0 Å². The van der Waals surface area contributed by atoms with Gasteiger partial charge in [-0.25, -0.2) is 4.98 Å². The molecule has 1 heterocycles. The smallest absolute Gasteiger partial charge is 0.330 e. The van der Waals surface area contributed by atoms with Gasteiger partial charge in [-0.3, -0.25) is 10.1 Å². The van der Waals surface area contributed by atoms with Gasteiger partial charge in [-0.05, 0) is 19.1 Å². The first kappa shape index (κ1) is 12.7. The van der Waals surface area contributed by atoms with Crippen molar-refractivity contribution in [3.63, 3.8) is 0 Å². The van der Waals surface area contributed by atoms with E-state index in [1.165, 1.54) is 0 Å². The Morgan fingerprint density at radius 2 is 1.95 bits per heavy atom. The van der Waals surface area contributed by atoms with Gasteiger partial charge < -0.3 is 10.6 Å². The van der Waals surface area contributed by atoms with Crippen LogP contribution in [0, 0.1) is 17.0 Å². The van der Waals surface area contributed by atoms with Crippen LogP contribution in [0.1, 0.15) is 5.56 Å². The molecule has 1 aromatic heterocycles. The lowest BCUT2D eigenvalue weighted by atomic mass is 10.2. The average molecular weight is 259 g/mol. The molecular formula is C12H13N5O2. The van der Waals surface area contributed by atoms with E-state index in [1.54, 1.807) is 11.9 Å². The zero-order chi connectivity index (χ0) is 14.0. The van der Waals surface area contributed by atoms with Gasteiger partial charge in [-0.2, -0.15) is 4.98 Å². The first-order valence-electron chi connectivity index (χ1n) is 5.56. The number of hydrogen-bond donors (Lipinski definition) is 1. The largest absolute Gasteiger partial charge is 0.368 e. The summed E-state index contributed by atoms with van der Waals surface area (Å²) in [6.07, 6.45) is 1.11. The van der Waals surface area contributed by atoms with E-state index >= 15 is 0 Å². The molecule has 1 aromatic carbocycles. The standard InChI is InChI=1S/C12H13N5O2/c1-8-3-5-9(6-4-8)16(2)11-10(17(18)19)7-14-12(13)15-11/h3-7H,1-2H3,(H2,13,14,15). The molecule has 7 nitrogen and oxygen atoms in total. The highest BCUT2D eigenvalue weighted by Gasteiger charge is 2.21. The predicted octanol–water partition coefficient (Wildman–Crippen LogP) is 2.04. The van der Waals surface area contributed by atoms with Crippen LogP contribution in [0.3, 0.4) is 0 Å². The number of nitro groups is 1. The fourth-order valence-electron chi connectivity index (χ4n) is 1.65.